The van der Waals surface area contributed by atoms with Gasteiger partial charge in [-0.05, 0) is 0 Å². The molecule has 0 bridgehead atoms. The molecule has 1 heteroatoms. The molecule has 0 aromatic heterocycles. The van der Waals surface area contributed by atoms with E-state index in [4.69, 9.17) is 0 Å². The fourth-order valence-electron chi connectivity index (χ4n) is 0.898. The Hall–Kier alpha value is 1.00. The molecule has 0 N–H and O–H groups in total. The number of hydrogen-bond donors (Lipinski definition) is 0. The summed E-state index contributed by atoms with van der Waals surface area (Å²) in [7, 11) is 0. The van der Waals surface area contributed by atoms with Gasteiger partial charge < -0.3 is 6.42 Å². The maximum atomic E-state index is 2.39. The summed E-state index contributed by atoms with van der Waals surface area (Å²) < 4.78 is 0. The Labute approximate surface area is 68.0 Å². The van der Waals surface area contributed by atoms with E-state index < -0.39 is 0 Å². The summed E-state index contributed by atoms with van der Waals surface area (Å²) in [4.78, 5) is 0. The standard InChI is InChI=1S/C6H11.Na/c1-2-4-6-5-3-1;/h1H,2-6H2;/q-1;+1. The van der Waals surface area contributed by atoms with Gasteiger partial charge in [-0.15, -0.1) is 0 Å². The first-order valence-electron chi connectivity index (χ1n) is 2.82. The van der Waals surface area contributed by atoms with Crippen molar-refractivity contribution in [3.63, 3.8) is 0 Å². The van der Waals surface area contributed by atoms with Crippen LogP contribution in [0.5, 0.6) is 0 Å². The van der Waals surface area contributed by atoms with Gasteiger partial charge in [-0.25, -0.2) is 0 Å². The van der Waals surface area contributed by atoms with Crippen LogP contribution in [0.4, 0.5) is 0 Å². The van der Waals surface area contributed by atoms with Crippen LogP contribution >= 0.6 is 0 Å². The van der Waals surface area contributed by atoms with Gasteiger partial charge in [-0.2, -0.15) is 12.8 Å². The summed E-state index contributed by atoms with van der Waals surface area (Å²) >= 11 is 0. The van der Waals surface area contributed by atoms with Crippen molar-refractivity contribution < 1.29 is 29.6 Å². The van der Waals surface area contributed by atoms with Crippen LogP contribution in [-0.4, -0.2) is 0 Å². The minimum absolute atomic E-state index is 0. The summed E-state index contributed by atoms with van der Waals surface area (Å²) in [6, 6.07) is 0. The number of rotatable bonds is 0. The molecule has 7 heavy (non-hydrogen) atoms. The number of hydrogen-bond acceptors (Lipinski definition) is 0. The summed E-state index contributed by atoms with van der Waals surface area (Å²) in [6.07, 6.45) is 9.50. The van der Waals surface area contributed by atoms with Gasteiger partial charge in [0, 0.05) is 0 Å². The van der Waals surface area contributed by atoms with Crippen molar-refractivity contribution in [1.82, 2.24) is 0 Å². The van der Waals surface area contributed by atoms with Crippen molar-refractivity contribution in [2.24, 2.45) is 0 Å². The van der Waals surface area contributed by atoms with Crippen LogP contribution < -0.4 is 29.6 Å². The van der Waals surface area contributed by atoms with E-state index in [-0.39, 0.29) is 29.6 Å². The average Bonchev–Trinajstić information content (AvgIpc) is 1.72. The van der Waals surface area contributed by atoms with Gasteiger partial charge >= 0.3 is 29.6 Å². The van der Waals surface area contributed by atoms with Crippen LogP contribution in [0.25, 0.3) is 0 Å². The predicted molar refractivity (Wildman–Crippen MR) is 27.4 cm³/mol. The SMILES string of the molecule is [CH-]1CCCCC1.[Na+]. The van der Waals surface area contributed by atoms with Crippen molar-refractivity contribution in [2.45, 2.75) is 32.1 Å². The van der Waals surface area contributed by atoms with Crippen LogP contribution in [-0.2, 0) is 0 Å². The van der Waals surface area contributed by atoms with E-state index in [1.165, 1.54) is 32.1 Å². The molecule has 1 aliphatic rings. The molecule has 0 atom stereocenters. The van der Waals surface area contributed by atoms with E-state index in [2.05, 4.69) is 6.42 Å². The maximum absolute atomic E-state index is 2.39. The van der Waals surface area contributed by atoms with Gasteiger partial charge in [0.25, 0.3) is 0 Å². The predicted octanol–water partition coefficient (Wildman–Crippen LogP) is -0.841. The third-order valence-corrected chi connectivity index (χ3v) is 1.32. The summed E-state index contributed by atoms with van der Waals surface area (Å²) in [6.45, 7) is 0. The zero-order chi connectivity index (χ0) is 4.24. The zero-order valence-corrected chi connectivity index (χ0v) is 7.11. The molecule has 1 fully saturated rings. The van der Waals surface area contributed by atoms with Gasteiger partial charge in [0.05, 0.1) is 0 Å². The van der Waals surface area contributed by atoms with Gasteiger partial charge in [0.15, 0.2) is 0 Å². The first-order valence-corrected chi connectivity index (χ1v) is 2.82. The molecule has 1 aliphatic carbocycles. The van der Waals surface area contributed by atoms with E-state index >= 15 is 0 Å². The topological polar surface area (TPSA) is 0 Å². The molecule has 0 saturated heterocycles. The average molecular weight is 106 g/mol. The first kappa shape index (κ1) is 8.00. The Morgan fingerprint density at radius 3 is 1.57 bits per heavy atom. The summed E-state index contributed by atoms with van der Waals surface area (Å²) in [5.74, 6) is 0. The summed E-state index contributed by atoms with van der Waals surface area (Å²) in [5, 5.41) is 0. The molecule has 1 rings (SSSR count). The van der Waals surface area contributed by atoms with Crippen molar-refractivity contribution in [1.29, 1.82) is 0 Å². The zero-order valence-electron chi connectivity index (χ0n) is 5.11. The Kier molecular flexibility index (Phi) is 5.88. The molecule has 0 heterocycles. The molecule has 0 unspecified atom stereocenters. The molecule has 0 aliphatic heterocycles. The van der Waals surface area contributed by atoms with E-state index in [1.807, 2.05) is 0 Å². The van der Waals surface area contributed by atoms with E-state index in [9.17, 15) is 0 Å². The van der Waals surface area contributed by atoms with Gasteiger partial charge in [-0.1, -0.05) is 19.3 Å². The van der Waals surface area contributed by atoms with Gasteiger partial charge in [-0.3, -0.25) is 0 Å². The fraction of sp³-hybridized carbons (Fsp3) is 0.833. The molecular formula is C6H11Na. The Balaban J connectivity index is 0.000000360. The molecular weight excluding hydrogens is 95.1 g/mol. The third-order valence-electron chi connectivity index (χ3n) is 1.32. The van der Waals surface area contributed by atoms with Crippen LogP contribution in [0.15, 0.2) is 0 Å². The van der Waals surface area contributed by atoms with Crippen LogP contribution in [0.1, 0.15) is 32.1 Å². The molecule has 0 amide bonds. The quantitative estimate of drug-likeness (QED) is 0.279. The third kappa shape index (κ3) is 3.57. The molecule has 0 aromatic carbocycles. The monoisotopic (exact) mass is 106 g/mol. The molecule has 0 aromatic rings. The molecule has 1 saturated carbocycles. The fourth-order valence-corrected chi connectivity index (χ4v) is 0.898. The molecule has 36 valence electrons. The Bertz CT molecular complexity index is 19.7. The van der Waals surface area contributed by atoms with Gasteiger partial charge in [0.1, 0.15) is 0 Å². The minimum Gasteiger partial charge on any atom is -0.328 e. The van der Waals surface area contributed by atoms with E-state index in [0.717, 1.165) is 0 Å². The molecule has 0 radical (unpaired) electrons. The largest absolute Gasteiger partial charge is 1.00 e. The van der Waals surface area contributed by atoms with Crippen molar-refractivity contribution in [3.8, 4) is 0 Å². The van der Waals surface area contributed by atoms with Crippen molar-refractivity contribution in [3.05, 3.63) is 6.42 Å². The second-order valence-corrected chi connectivity index (χ2v) is 1.93. The van der Waals surface area contributed by atoms with Crippen molar-refractivity contribution in [2.75, 3.05) is 0 Å². The molecule has 0 nitrogen and oxygen atoms in total. The second kappa shape index (κ2) is 5.14. The maximum Gasteiger partial charge on any atom is 1.00 e. The smallest absolute Gasteiger partial charge is 0.328 e. The second-order valence-electron chi connectivity index (χ2n) is 1.93. The van der Waals surface area contributed by atoms with Crippen LogP contribution in [0.2, 0.25) is 0 Å². The van der Waals surface area contributed by atoms with Crippen LogP contribution in [0.3, 0.4) is 0 Å². The van der Waals surface area contributed by atoms with E-state index in [0.29, 0.717) is 0 Å². The Morgan fingerprint density at radius 2 is 1.43 bits per heavy atom. The van der Waals surface area contributed by atoms with Crippen LogP contribution in [0, 0.1) is 6.42 Å². The Morgan fingerprint density at radius 1 is 0.857 bits per heavy atom. The van der Waals surface area contributed by atoms with Crippen molar-refractivity contribution >= 4 is 0 Å². The van der Waals surface area contributed by atoms with E-state index in [1.54, 1.807) is 0 Å². The normalized spacial score (nSPS) is 20.6. The first-order chi connectivity index (χ1) is 3.00. The van der Waals surface area contributed by atoms with Gasteiger partial charge in [0.2, 0.25) is 0 Å². The molecule has 0 spiro atoms. The summed E-state index contributed by atoms with van der Waals surface area (Å²) in [5.41, 5.74) is 0. The minimum atomic E-state index is 0.